The van der Waals surface area contributed by atoms with E-state index in [9.17, 15) is 0 Å². The van der Waals surface area contributed by atoms with Gasteiger partial charge in [0, 0.05) is 26.2 Å². The summed E-state index contributed by atoms with van der Waals surface area (Å²) in [5.41, 5.74) is 6.04. The molecule has 2 aliphatic heterocycles. The van der Waals surface area contributed by atoms with E-state index < -0.39 is 0 Å². The van der Waals surface area contributed by atoms with Crippen LogP contribution in [0.15, 0.2) is 4.99 Å². The molecule has 2 fully saturated rings. The number of nitrogens with two attached hydrogens (primary N) is 1. The largest absolute Gasteiger partial charge is 0.378 e. The number of aliphatic imine (C=N–C) groups is 1. The normalized spacial score (nSPS) is 27.2. The zero-order chi connectivity index (χ0) is 11.9. The molecule has 4 nitrogen and oxygen atoms in total. The van der Waals surface area contributed by atoms with Crippen LogP contribution in [0.2, 0.25) is 0 Å². The molecule has 0 amide bonds. The van der Waals surface area contributed by atoms with Gasteiger partial charge in [0.2, 0.25) is 0 Å². The Morgan fingerprint density at radius 2 is 1.94 bits per heavy atom. The summed E-state index contributed by atoms with van der Waals surface area (Å²) in [4.78, 5) is 6.73. The lowest BCUT2D eigenvalue weighted by Gasteiger charge is -2.21. The van der Waals surface area contributed by atoms with Gasteiger partial charge in [0.25, 0.3) is 0 Å². The molecule has 1 unspecified atom stereocenters. The van der Waals surface area contributed by atoms with Crippen LogP contribution in [0.1, 0.15) is 44.9 Å². The van der Waals surface area contributed by atoms with Gasteiger partial charge >= 0.3 is 0 Å². The number of hydrogen-bond donors (Lipinski definition) is 1. The fourth-order valence-electron chi connectivity index (χ4n) is 2.59. The Labute approximate surface area is 104 Å². The Bertz CT molecular complexity index is 241. The van der Waals surface area contributed by atoms with E-state index in [0.717, 1.165) is 38.6 Å². The summed E-state index contributed by atoms with van der Waals surface area (Å²) in [6, 6.07) is 0. The molecule has 1 atom stereocenters. The fourth-order valence-corrected chi connectivity index (χ4v) is 2.59. The quantitative estimate of drug-likeness (QED) is 0.603. The number of ether oxygens (including phenoxy) is 1. The fraction of sp³-hybridized carbons (Fsp3) is 0.923. The van der Waals surface area contributed by atoms with Crippen molar-refractivity contribution in [1.29, 1.82) is 0 Å². The highest BCUT2D eigenvalue weighted by Gasteiger charge is 2.15. The highest BCUT2D eigenvalue weighted by atomic mass is 16.5. The van der Waals surface area contributed by atoms with Gasteiger partial charge in [0.15, 0.2) is 5.96 Å². The molecule has 0 aromatic rings. The zero-order valence-electron chi connectivity index (χ0n) is 10.7. The summed E-state index contributed by atoms with van der Waals surface area (Å²) in [5.74, 6) is 0.741. The second kappa shape index (κ2) is 6.84. The lowest BCUT2D eigenvalue weighted by atomic mass is 10.2. The number of guanidine groups is 1. The summed E-state index contributed by atoms with van der Waals surface area (Å²) >= 11 is 0. The maximum Gasteiger partial charge on any atom is 0.191 e. The van der Waals surface area contributed by atoms with E-state index in [2.05, 4.69) is 9.89 Å². The van der Waals surface area contributed by atoms with Crippen LogP contribution in [-0.4, -0.2) is 43.2 Å². The van der Waals surface area contributed by atoms with E-state index in [-0.39, 0.29) is 0 Å². The van der Waals surface area contributed by atoms with E-state index in [1.807, 2.05) is 0 Å². The minimum Gasteiger partial charge on any atom is -0.378 e. The number of rotatable bonds is 3. The lowest BCUT2D eigenvalue weighted by Crippen LogP contribution is -2.38. The molecule has 0 saturated carbocycles. The minimum absolute atomic E-state index is 0.427. The molecule has 0 spiro atoms. The standard InChI is InChI=1S/C13H25N3O/c14-13(16-9-3-1-2-4-10-16)15-8-7-12-6-5-11-17-12/h12H,1-11H2,(H2,14,15). The highest BCUT2D eigenvalue weighted by molar-refractivity contribution is 5.78. The van der Waals surface area contributed by atoms with E-state index in [1.54, 1.807) is 0 Å². The second-order valence-corrected chi connectivity index (χ2v) is 5.06. The lowest BCUT2D eigenvalue weighted by molar-refractivity contribution is 0.106. The van der Waals surface area contributed by atoms with Gasteiger partial charge in [-0.15, -0.1) is 0 Å². The predicted octanol–water partition coefficient (Wildman–Crippen LogP) is 1.75. The summed E-state index contributed by atoms with van der Waals surface area (Å²) in [6.45, 7) is 3.90. The van der Waals surface area contributed by atoms with Gasteiger partial charge in [-0.3, -0.25) is 4.99 Å². The van der Waals surface area contributed by atoms with Crippen molar-refractivity contribution < 1.29 is 4.74 Å². The van der Waals surface area contributed by atoms with Gasteiger partial charge in [-0.2, -0.15) is 0 Å². The average molecular weight is 239 g/mol. The molecule has 2 saturated heterocycles. The molecule has 4 heteroatoms. The van der Waals surface area contributed by atoms with Crippen LogP contribution >= 0.6 is 0 Å². The molecule has 98 valence electrons. The first-order chi connectivity index (χ1) is 8.36. The van der Waals surface area contributed by atoms with Gasteiger partial charge in [-0.1, -0.05) is 12.8 Å². The Balaban J connectivity index is 1.71. The Morgan fingerprint density at radius 1 is 1.18 bits per heavy atom. The van der Waals surface area contributed by atoms with Crippen LogP contribution in [0.3, 0.4) is 0 Å². The predicted molar refractivity (Wildman–Crippen MR) is 70.1 cm³/mol. The van der Waals surface area contributed by atoms with Gasteiger partial charge in [-0.05, 0) is 32.1 Å². The third-order valence-corrected chi connectivity index (χ3v) is 3.68. The highest BCUT2D eigenvalue weighted by Crippen LogP contribution is 2.15. The number of nitrogens with zero attached hydrogens (tertiary/aromatic N) is 2. The maximum absolute atomic E-state index is 6.04. The number of likely N-dealkylation sites (tertiary alicyclic amines) is 1. The molecule has 0 aliphatic carbocycles. The van der Waals surface area contributed by atoms with Crippen LogP contribution in [0.4, 0.5) is 0 Å². The molecular formula is C13H25N3O. The van der Waals surface area contributed by atoms with E-state index in [4.69, 9.17) is 10.5 Å². The molecule has 2 N–H and O–H groups in total. The van der Waals surface area contributed by atoms with Crippen molar-refractivity contribution >= 4 is 5.96 Å². The smallest absolute Gasteiger partial charge is 0.191 e. The molecule has 2 aliphatic rings. The van der Waals surface area contributed by atoms with Gasteiger partial charge in [0.05, 0.1) is 6.10 Å². The third-order valence-electron chi connectivity index (χ3n) is 3.68. The monoisotopic (exact) mass is 239 g/mol. The number of hydrogen-bond acceptors (Lipinski definition) is 2. The van der Waals surface area contributed by atoms with Gasteiger partial charge < -0.3 is 15.4 Å². The Kier molecular flexibility index (Phi) is 5.10. The van der Waals surface area contributed by atoms with Gasteiger partial charge in [-0.25, -0.2) is 0 Å². The van der Waals surface area contributed by atoms with Crippen molar-refractivity contribution in [2.45, 2.75) is 51.0 Å². The van der Waals surface area contributed by atoms with Crippen LogP contribution in [0, 0.1) is 0 Å². The molecule has 0 aromatic heterocycles. The van der Waals surface area contributed by atoms with E-state index in [0.29, 0.717) is 6.10 Å². The molecule has 0 aromatic carbocycles. The molecule has 0 bridgehead atoms. The van der Waals surface area contributed by atoms with Crippen molar-refractivity contribution in [2.75, 3.05) is 26.2 Å². The van der Waals surface area contributed by atoms with Crippen molar-refractivity contribution in [3.05, 3.63) is 0 Å². The molecule has 0 radical (unpaired) electrons. The van der Waals surface area contributed by atoms with E-state index >= 15 is 0 Å². The maximum atomic E-state index is 6.04. The van der Waals surface area contributed by atoms with E-state index in [1.165, 1.54) is 38.5 Å². The summed E-state index contributed by atoms with van der Waals surface area (Å²) < 4.78 is 5.58. The van der Waals surface area contributed by atoms with Crippen LogP contribution in [-0.2, 0) is 4.74 Å². The molecule has 17 heavy (non-hydrogen) atoms. The SMILES string of the molecule is NC(=NCCC1CCCO1)N1CCCCCC1. The first-order valence-electron chi connectivity index (χ1n) is 7.03. The van der Waals surface area contributed by atoms with Crippen LogP contribution in [0.25, 0.3) is 0 Å². The summed E-state index contributed by atoms with van der Waals surface area (Å²) in [7, 11) is 0. The third kappa shape index (κ3) is 4.19. The van der Waals surface area contributed by atoms with Crippen molar-refractivity contribution in [3.8, 4) is 0 Å². The first kappa shape index (κ1) is 12.7. The minimum atomic E-state index is 0.427. The van der Waals surface area contributed by atoms with Crippen LogP contribution < -0.4 is 5.73 Å². The van der Waals surface area contributed by atoms with Crippen LogP contribution in [0.5, 0.6) is 0 Å². The average Bonchev–Trinajstić information content (AvgIpc) is 2.69. The molecular weight excluding hydrogens is 214 g/mol. The van der Waals surface area contributed by atoms with Crippen molar-refractivity contribution in [2.24, 2.45) is 10.7 Å². The first-order valence-corrected chi connectivity index (χ1v) is 7.03. The second-order valence-electron chi connectivity index (χ2n) is 5.06. The summed E-state index contributed by atoms with van der Waals surface area (Å²) in [5, 5.41) is 0. The van der Waals surface area contributed by atoms with Crippen molar-refractivity contribution in [1.82, 2.24) is 4.90 Å². The van der Waals surface area contributed by atoms with Gasteiger partial charge in [0.1, 0.15) is 0 Å². The Morgan fingerprint density at radius 3 is 2.59 bits per heavy atom. The molecule has 2 rings (SSSR count). The Hall–Kier alpha value is -0.770. The zero-order valence-corrected chi connectivity index (χ0v) is 10.7. The summed E-state index contributed by atoms with van der Waals surface area (Å²) in [6.07, 6.45) is 9.02. The van der Waals surface area contributed by atoms with Crippen molar-refractivity contribution in [3.63, 3.8) is 0 Å². The molecule has 2 heterocycles. The topological polar surface area (TPSA) is 50.9 Å².